The second-order valence-electron chi connectivity index (χ2n) is 7.41. The number of amides is 1. The van der Waals surface area contributed by atoms with Crippen molar-refractivity contribution in [3.05, 3.63) is 71.7 Å². The number of benzene rings is 1. The number of likely N-dealkylation sites (tertiary alicyclic amines) is 1. The summed E-state index contributed by atoms with van der Waals surface area (Å²) in [7, 11) is 0. The molecule has 0 unspecified atom stereocenters. The number of rotatable bonds is 8. The van der Waals surface area contributed by atoms with Gasteiger partial charge in [0.05, 0.1) is 18.0 Å². The zero-order chi connectivity index (χ0) is 21.8. The molecular weight excluding hydrogens is 401 g/mol. The van der Waals surface area contributed by atoms with Gasteiger partial charge in [-0.1, -0.05) is 6.07 Å². The van der Waals surface area contributed by atoms with Crippen molar-refractivity contribution in [3.8, 4) is 0 Å². The van der Waals surface area contributed by atoms with Gasteiger partial charge >= 0.3 is 0 Å². The van der Waals surface area contributed by atoms with Gasteiger partial charge < -0.3 is 31.1 Å². The summed E-state index contributed by atoms with van der Waals surface area (Å²) >= 11 is 0. The second-order valence-corrected chi connectivity index (χ2v) is 7.41. The van der Waals surface area contributed by atoms with Crippen LogP contribution in [0.25, 0.3) is 11.0 Å². The Labute approximate surface area is 178 Å². The van der Waals surface area contributed by atoms with Gasteiger partial charge in [-0.15, -0.1) is 0 Å². The maximum absolute atomic E-state index is 13.8. The molecule has 9 nitrogen and oxygen atoms in total. The summed E-state index contributed by atoms with van der Waals surface area (Å²) in [5, 5.41) is 2.68. The summed E-state index contributed by atoms with van der Waals surface area (Å²) in [5.74, 6) is 0.764. The molecule has 1 amide bonds. The lowest BCUT2D eigenvalue weighted by Crippen LogP contribution is -2.46. The molecule has 3 heterocycles. The molecule has 0 spiro atoms. The Hall–Kier alpha value is -3.66. The fourth-order valence-electron chi connectivity index (χ4n) is 3.43. The van der Waals surface area contributed by atoms with E-state index in [0.29, 0.717) is 29.0 Å². The number of nitrogens with one attached hydrogen (secondary N) is 2. The maximum Gasteiger partial charge on any atom is 0.273 e. The largest absolute Gasteiger partial charge is 0.448 e. The first-order valence-electron chi connectivity index (χ1n) is 9.95. The summed E-state index contributed by atoms with van der Waals surface area (Å²) in [6, 6.07) is 4.88. The van der Waals surface area contributed by atoms with Crippen LogP contribution in [0.5, 0.6) is 0 Å². The lowest BCUT2D eigenvalue weighted by Gasteiger charge is -2.37. The van der Waals surface area contributed by atoms with Gasteiger partial charge in [0.15, 0.2) is 17.4 Å². The Morgan fingerprint density at radius 2 is 2.23 bits per heavy atom. The van der Waals surface area contributed by atoms with E-state index in [1.807, 2.05) is 6.07 Å². The van der Waals surface area contributed by atoms with E-state index in [0.717, 1.165) is 25.5 Å². The van der Waals surface area contributed by atoms with Crippen molar-refractivity contribution in [2.75, 3.05) is 26.2 Å². The summed E-state index contributed by atoms with van der Waals surface area (Å²) in [5.41, 5.74) is 12.8. The van der Waals surface area contributed by atoms with Crippen LogP contribution in [0.2, 0.25) is 0 Å². The van der Waals surface area contributed by atoms with Crippen molar-refractivity contribution >= 4 is 16.9 Å². The Balaban J connectivity index is 1.24. The van der Waals surface area contributed by atoms with Gasteiger partial charge in [0.25, 0.3) is 5.91 Å². The van der Waals surface area contributed by atoms with Crippen LogP contribution in [0.15, 0.2) is 52.9 Å². The molecule has 4 rings (SSSR count). The van der Waals surface area contributed by atoms with Gasteiger partial charge in [-0.3, -0.25) is 4.79 Å². The molecule has 1 saturated heterocycles. The van der Waals surface area contributed by atoms with Gasteiger partial charge in [0.1, 0.15) is 17.6 Å². The number of hydrogen-bond acceptors (Lipinski definition) is 7. The molecule has 0 atom stereocenters. The lowest BCUT2D eigenvalue weighted by atomic mass is 10.00. The van der Waals surface area contributed by atoms with Crippen LogP contribution in [0.1, 0.15) is 28.1 Å². The number of halogens is 1. The third kappa shape index (κ3) is 4.75. The first-order chi connectivity index (χ1) is 15.0. The number of aromatic amines is 1. The summed E-state index contributed by atoms with van der Waals surface area (Å²) in [6.07, 6.45) is 6.60. The highest BCUT2D eigenvalue weighted by Gasteiger charge is 2.32. The minimum atomic E-state index is -0.351. The van der Waals surface area contributed by atoms with Crippen molar-refractivity contribution in [3.63, 3.8) is 0 Å². The molecule has 0 aliphatic carbocycles. The highest BCUT2D eigenvalue weighted by molar-refractivity contribution is 5.92. The minimum absolute atomic E-state index is 0.134. The topological polar surface area (TPSA) is 139 Å². The number of nitrogens with two attached hydrogens (primary N) is 2. The molecule has 0 saturated carbocycles. The number of aromatic nitrogens is 3. The predicted octanol–water partition coefficient (Wildman–Crippen LogP) is 1.38. The molecular formula is C21H24FN7O2. The SMILES string of the molecule is N/C=C\C=C(/N)CNC(=O)c1coc(C2CN(CCc3nc4c(F)cccc4[nH]3)C2)n1. The third-order valence-corrected chi connectivity index (χ3v) is 5.11. The third-order valence-electron chi connectivity index (χ3n) is 5.11. The first-order valence-corrected chi connectivity index (χ1v) is 9.95. The molecule has 6 N–H and O–H groups in total. The van der Waals surface area contributed by atoms with Crippen LogP contribution in [0.3, 0.4) is 0 Å². The molecule has 1 aliphatic heterocycles. The van der Waals surface area contributed by atoms with Crippen molar-refractivity contribution < 1.29 is 13.6 Å². The average molecular weight is 425 g/mol. The van der Waals surface area contributed by atoms with Crippen LogP contribution in [-0.2, 0) is 6.42 Å². The smallest absolute Gasteiger partial charge is 0.273 e. The fraction of sp³-hybridized carbons (Fsp3) is 0.286. The number of H-pyrrole nitrogens is 1. The standard InChI is InChI=1S/C21H24FN7O2/c22-15-4-1-5-16-19(15)28-18(26-16)6-8-29-10-13(11-29)21-27-17(12-31-21)20(30)25-9-14(24)3-2-7-23/h1-5,7,12-13H,6,8-11,23-24H2,(H,25,30)(H,26,28)/b7-2-,14-3-. The zero-order valence-electron chi connectivity index (χ0n) is 16.8. The number of para-hydroxylation sites is 1. The fourth-order valence-corrected chi connectivity index (χ4v) is 3.43. The Bertz CT molecular complexity index is 1130. The van der Waals surface area contributed by atoms with Crippen LogP contribution < -0.4 is 16.8 Å². The van der Waals surface area contributed by atoms with E-state index in [9.17, 15) is 9.18 Å². The normalized spacial score (nSPS) is 15.6. The van der Waals surface area contributed by atoms with Crippen LogP contribution in [-0.4, -0.2) is 51.9 Å². The molecule has 2 aromatic heterocycles. The number of oxazole rings is 1. The minimum Gasteiger partial charge on any atom is -0.448 e. The van der Waals surface area contributed by atoms with E-state index >= 15 is 0 Å². The van der Waals surface area contributed by atoms with Crippen molar-refractivity contribution in [1.82, 2.24) is 25.2 Å². The number of fused-ring (bicyclic) bond motifs is 1. The van der Waals surface area contributed by atoms with Crippen molar-refractivity contribution in [2.45, 2.75) is 12.3 Å². The number of hydrogen-bond donors (Lipinski definition) is 4. The highest BCUT2D eigenvalue weighted by atomic mass is 19.1. The van der Waals surface area contributed by atoms with Crippen LogP contribution >= 0.6 is 0 Å². The van der Waals surface area contributed by atoms with Gasteiger partial charge in [-0.05, 0) is 30.5 Å². The van der Waals surface area contributed by atoms with E-state index < -0.39 is 0 Å². The van der Waals surface area contributed by atoms with Gasteiger partial charge in [0.2, 0.25) is 0 Å². The van der Waals surface area contributed by atoms with Gasteiger partial charge in [0, 0.05) is 31.8 Å². The van der Waals surface area contributed by atoms with E-state index in [1.54, 1.807) is 18.2 Å². The molecule has 31 heavy (non-hydrogen) atoms. The molecule has 10 heteroatoms. The van der Waals surface area contributed by atoms with E-state index in [2.05, 4.69) is 25.2 Å². The Morgan fingerprint density at radius 1 is 1.39 bits per heavy atom. The number of allylic oxidation sites excluding steroid dienone is 2. The summed E-state index contributed by atoms with van der Waals surface area (Å²) < 4.78 is 19.2. The van der Waals surface area contributed by atoms with E-state index in [1.165, 1.54) is 18.5 Å². The highest BCUT2D eigenvalue weighted by Crippen LogP contribution is 2.26. The summed E-state index contributed by atoms with van der Waals surface area (Å²) in [6.45, 7) is 2.53. The van der Waals surface area contributed by atoms with E-state index in [4.69, 9.17) is 15.9 Å². The molecule has 1 fully saturated rings. The molecule has 3 aromatic rings. The molecule has 162 valence electrons. The molecule has 1 aliphatic rings. The summed E-state index contributed by atoms with van der Waals surface area (Å²) in [4.78, 5) is 26.2. The quantitative estimate of drug-likeness (QED) is 0.400. The second kappa shape index (κ2) is 9.00. The molecule has 1 aromatic carbocycles. The first kappa shape index (κ1) is 20.6. The van der Waals surface area contributed by atoms with Crippen LogP contribution in [0, 0.1) is 5.82 Å². The maximum atomic E-state index is 13.8. The van der Waals surface area contributed by atoms with Gasteiger partial charge in [-0.25, -0.2) is 14.4 Å². The van der Waals surface area contributed by atoms with Crippen molar-refractivity contribution in [1.29, 1.82) is 0 Å². The number of nitrogens with zero attached hydrogens (tertiary/aromatic N) is 3. The number of carbonyl (C=O) groups is 1. The molecule has 0 bridgehead atoms. The predicted molar refractivity (Wildman–Crippen MR) is 113 cm³/mol. The number of carbonyl (C=O) groups excluding carboxylic acids is 1. The van der Waals surface area contributed by atoms with E-state index in [-0.39, 0.29) is 29.9 Å². The Morgan fingerprint density at radius 3 is 3.00 bits per heavy atom. The average Bonchev–Trinajstić information content (AvgIpc) is 3.37. The monoisotopic (exact) mass is 425 g/mol. The molecule has 0 radical (unpaired) electrons. The van der Waals surface area contributed by atoms with Crippen LogP contribution in [0.4, 0.5) is 4.39 Å². The Kier molecular flexibility index (Phi) is 5.99. The zero-order valence-corrected chi connectivity index (χ0v) is 16.8. The lowest BCUT2D eigenvalue weighted by molar-refractivity contribution is 0.0951. The number of imidazole rings is 1. The van der Waals surface area contributed by atoms with Gasteiger partial charge in [-0.2, -0.15) is 0 Å². The van der Waals surface area contributed by atoms with Crippen molar-refractivity contribution in [2.24, 2.45) is 11.5 Å².